The SMILES string of the molecule is O=C(NC(CCCO)C(=O)N1CCC1)c1ccc(F)cc1. The van der Waals surface area contributed by atoms with Gasteiger partial charge in [-0.2, -0.15) is 0 Å². The minimum Gasteiger partial charge on any atom is -0.396 e. The fourth-order valence-electron chi connectivity index (χ4n) is 2.15. The summed E-state index contributed by atoms with van der Waals surface area (Å²) in [5, 5.41) is 11.6. The molecule has 114 valence electrons. The van der Waals surface area contributed by atoms with Crippen molar-refractivity contribution in [2.75, 3.05) is 19.7 Å². The highest BCUT2D eigenvalue weighted by Gasteiger charge is 2.29. The molecule has 1 aliphatic rings. The lowest BCUT2D eigenvalue weighted by molar-refractivity contribution is -0.136. The van der Waals surface area contributed by atoms with Crippen LogP contribution in [0.1, 0.15) is 29.6 Å². The zero-order valence-electron chi connectivity index (χ0n) is 11.7. The molecule has 0 aromatic heterocycles. The van der Waals surface area contributed by atoms with Gasteiger partial charge in [0.05, 0.1) is 0 Å². The van der Waals surface area contributed by atoms with Crippen molar-refractivity contribution in [2.24, 2.45) is 0 Å². The van der Waals surface area contributed by atoms with E-state index < -0.39 is 17.8 Å². The summed E-state index contributed by atoms with van der Waals surface area (Å²) >= 11 is 0. The third-order valence-corrected chi connectivity index (χ3v) is 3.53. The molecule has 1 aliphatic heterocycles. The maximum Gasteiger partial charge on any atom is 0.251 e. The number of nitrogens with zero attached hydrogens (tertiary/aromatic N) is 1. The summed E-state index contributed by atoms with van der Waals surface area (Å²) in [6.45, 7) is 1.39. The molecule has 2 N–H and O–H groups in total. The molecular weight excluding hydrogens is 275 g/mol. The normalized spacial score (nSPS) is 15.2. The van der Waals surface area contributed by atoms with Crippen LogP contribution in [-0.2, 0) is 4.79 Å². The van der Waals surface area contributed by atoms with Crippen LogP contribution >= 0.6 is 0 Å². The van der Waals surface area contributed by atoms with E-state index in [2.05, 4.69) is 5.32 Å². The summed E-state index contributed by atoms with van der Waals surface area (Å²) in [4.78, 5) is 26.0. The van der Waals surface area contributed by atoms with Gasteiger partial charge >= 0.3 is 0 Å². The standard InChI is InChI=1S/C15H19FN2O3/c16-12-6-4-11(5-7-12)14(20)17-13(3-1-10-19)15(21)18-8-2-9-18/h4-7,13,19H,1-3,8-10H2,(H,17,20). The number of carbonyl (C=O) groups excluding carboxylic acids is 2. The van der Waals surface area contributed by atoms with Crippen LogP contribution in [0.5, 0.6) is 0 Å². The largest absolute Gasteiger partial charge is 0.396 e. The van der Waals surface area contributed by atoms with Crippen LogP contribution in [0.4, 0.5) is 4.39 Å². The summed E-state index contributed by atoms with van der Waals surface area (Å²) in [5.74, 6) is -0.947. The zero-order chi connectivity index (χ0) is 15.2. The number of carbonyl (C=O) groups is 2. The van der Waals surface area contributed by atoms with Crippen molar-refractivity contribution in [1.82, 2.24) is 10.2 Å². The van der Waals surface area contributed by atoms with E-state index in [0.29, 0.717) is 31.5 Å². The van der Waals surface area contributed by atoms with Crippen molar-refractivity contribution < 1.29 is 19.1 Å². The predicted molar refractivity (Wildman–Crippen MR) is 75.2 cm³/mol. The first-order valence-corrected chi connectivity index (χ1v) is 7.08. The van der Waals surface area contributed by atoms with Crippen LogP contribution in [-0.4, -0.2) is 47.6 Å². The Bertz CT molecular complexity index is 500. The summed E-state index contributed by atoms with van der Waals surface area (Å²) in [6, 6.07) is 4.52. The van der Waals surface area contributed by atoms with E-state index in [4.69, 9.17) is 5.11 Å². The summed E-state index contributed by atoms with van der Waals surface area (Å²) in [6.07, 6.45) is 1.80. The Hall–Kier alpha value is -1.95. The second-order valence-corrected chi connectivity index (χ2v) is 5.08. The molecule has 2 amide bonds. The second kappa shape index (κ2) is 7.17. The van der Waals surface area contributed by atoms with Gasteiger partial charge in [0.15, 0.2) is 0 Å². The number of hydrogen-bond acceptors (Lipinski definition) is 3. The lowest BCUT2D eigenvalue weighted by atomic mass is 10.1. The van der Waals surface area contributed by atoms with Gasteiger partial charge in [0.1, 0.15) is 11.9 Å². The van der Waals surface area contributed by atoms with Crippen LogP contribution in [0.3, 0.4) is 0 Å². The van der Waals surface area contributed by atoms with E-state index in [1.807, 2.05) is 0 Å². The number of aliphatic hydroxyl groups excluding tert-OH is 1. The number of amides is 2. The first-order chi connectivity index (χ1) is 10.1. The number of rotatable bonds is 6. The fourth-order valence-corrected chi connectivity index (χ4v) is 2.15. The van der Waals surface area contributed by atoms with Crippen molar-refractivity contribution in [1.29, 1.82) is 0 Å². The predicted octanol–water partition coefficient (Wildman–Crippen LogP) is 0.929. The second-order valence-electron chi connectivity index (χ2n) is 5.08. The van der Waals surface area contributed by atoms with Gasteiger partial charge in [-0.05, 0) is 43.5 Å². The Kier molecular flexibility index (Phi) is 5.27. The lowest BCUT2D eigenvalue weighted by Crippen LogP contribution is -2.53. The molecule has 2 rings (SSSR count). The minimum atomic E-state index is -0.644. The molecule has 1 fully saturated rings. The van der Waals surface area contributed by atoms with E-state index in [0.717, 1.165) is 6.42 Å². The van der Waals surface area contributed by atoms with Crippen LogP contribution in [0, 0.1) is 5.82 Å². The Balaban J connectivity index is 2.01. The molecule has 1 saturated heterocycles. The average Bonchev–Trinajstić information content (AvgIpc) is 2.42. The van der Waals surface area contributed by atoms with Gasteiger partial charge in [-0.3, -0.25) is 9.59 Å². The summed E-state index contributed by atoms with van der Waals surface area (Å²) in [7, 11) is 0. The number of likely N-dealkylation sites (tertiary alicyclic amines) is 1. The molecule has 0 radical (unpaired) electrons. The van der Waals surface area contributed by atoms with Crippen molar-refractivity contribution in [3.63, 3.8) is 0 Å². The van der Waals surface area contributed by atoms with Crippen LogP contribution in [0.15, 0.2) is 24.3 Å². The molecule has 0 bridgehead atoms. The van der Waals surface area contributed by atoms with E-state index in [9.17, 15) is 14.0 Å². The third-order valence-electron chi connectivity index (χ3n) is 3.53. The molecule has 1 unspecified atom stereocenters. The Morgan fingerprint density at radius 1 is 1.29 bits per heavy atom. The zero-order valence-corrected chi connectivity index (χ0v) is 11.7. The van der Waals surface area contributed by atoms with Crippen LogP contribution in [0.2, 0.25) is 0 Å². The van der Waals surface area contributed by atoms with Gasteiger partial charge in [-0.25, -0.2) is 4.39 Å². The smallest absolute Gasteiger partial charge is 0.251 e. The first kappa shape index (κ1) is 15.4. The third kappa shape index (κ3) is 4.01. The molecule has 1 aromatic rings. The monoisotopic (exact) mass is 294 g/mol. The molecular formula is C15H19FN2O3. The summed E-state index contributed by atoms with van der Waals surface area (Å²) in [5.41, 5.74) is 0.307. The Morgan fingerprint density at radius 2 is 1.95 bits per heavy atom. The molecule has 0 aliphatic carbocycles. The minimum absolute atomic E-state index is 0.0315. The van der Waals surface area contributed by atoms with Gasteiger partial charge in [-0.15, -0.1) is 0 Å². The topological polar surface area (TPSA) is 69.6 Å². The average molecular weight is 294 g/mol. The molecule has 6 heteroatoms. The number of halogens is 1. The number of nitrogens with one attached hydrogen (secondary N) is 1. The molecule has 21 heavy (non-hydrogen) atoms. The van der Waals surface area contributed by atoms with Crippen molar-refractivity contribution in [3.8, 4) is 0 Å². The van der Waals surface area contributed by atoms with Gasteiger partial charge in [0.2, 0.25) is 5.91 Å². The van der Waals surface area contributed by atoms with E-state index in [-0.39, 0.29) is 12.5 Å². The van der Waals surface area contributed by atoms with Gasteiger partial charge in [0, 0.05) is 25.3 Å². The first-order valence-electron chi connectivity index (χ1n) is 7.08. The van der Waals surface area contributed by atoms with E-state index in [1.165, 1.54) is 24.3 Å². The summed E-state index contributed by atoms with van der Waals surface area (Å²) < 4.78 is 12.8. The Labute approximate surface area is 122 Å². The number of aliphatic hydroxyl groups is 1. The Morgan fingerprint density at radius 3 is 2.48 bits per heavy atom. The van der Waals surface area contributed by atoms with Gasteiger partial charge < -0.3 is 15.3 Å². The van der Waals surface area contributed by atoms with E-state index in [1.54, 1.807) is 4.90 Å². The maximum atomic E-state index is 12.8. The highest BCUT2D eigenvalue weighted by atomic mass is 19.1. The fraction of sp³-hybridized carbons (Fsp3) is 0.467. The van der Waals surface area contributed by atoms with E-state index >= 15 is 0 Å². The van der Waals surface area contributed by atoms with Gasteiger partial charge in [0.25, 0.3) is 5.91 Å². The van der Waals surface area contributed by atoms with Crippen molar-refractivity contribution in [2.45, 2.75) is 25.3 Å². The highest BCUT2D eigenvalue weighted by Crippen LogP contribution is 2.12. The molecule has 0 spiro atoms. The molecule has 1 aromatic carbocycles. The number of hydrogen-bond donors (Lipinski definition) is 2. The van der Waals surface area contributed by atoms with Crippen molar-refractivity contribution >= 4 is 11.8 Å². The molecule has 5 nitrogen and oxygen atoms in total. The lowest BCUT2D eigenvalue weighted by Gasteiger charge is -2.34. The number of benzene rings is 1. The quantitative estimate of drug-likeness (QED) is 0.820. The van der Waals surface area contributed by atoms with Crippen molar-refractivity contribution in [3.05, 3.63) is 35.6 Å². The van der Waals surface area contributed by atoms with Crippen LogP contribution < -0.4 is 5.32 Å². The molecule has 1 heterocycles. The maximum absolute atomic E-state index is 12.8. The highest BCUT2D eigenvalue weighted by molar-refractivity contribution is 5.97. The van der Waals surface area contributed by atoms with Crippen LogP contribution in [0.25, 0.3) is 0 Å². The molecule has 1 atom stereocenters. The van der Waals surface area contributed by atoms with Gasteiger partial charge in [-0.1, -0.05) is 0 Å². The molecule has 0 saturated carbocycles.